The molecule has 0 aliphatic heterocycles. The molecular formula is C23H26N6O. The summed E-state index contributed by atoms with van der Waals surface area (Å²) in [7, 11) is 0. The lowest BCUT2D eigenvalue weighted by atomic mass is 10.2. The molecule has 0 bridgehead atoms. The summed E-state index contributed by atoms with van der Waals surface area (Å²) in [5.41, 5.74) is 3.88. The molecule has 7 nitrogen and oxygen atoms in total. The van der Waals surface area contributed by atoms with Crippen LogP contribution >= 0.6 is 0 Å². The molecule has 2 heterocycles. The second-order valence-corrected chi connectivity index (χ2v) is 6.99. The molecule has 0 amide bonds. The summed E-state index contributed by atoms with van der Waals surface area (Å²) in [5.74, 6) is 1.28. The molecule has 7 heteroatoms. The molecule has 0 unspecified atom stereocenters. The van der Waals surface area contributed by atoms with Crippen LogP contribution in [0.15, 0.2) is 60.8 Å². The monoisotopic (exact) mass is 402 g/mol. The van der Waals surface area contributed by atoms with Gasteiger partial charge in [-0.2, -0.15) is 15.1 Å². The number of ether oxygens (including phenoxy) is 1. The van der Waals surface area contributed by atoms with Crippen LogP contribution in [0.2, 0.25) is 0 Å². The zero-order valence-electron chi connectivity index (χ0n) is 17.3. The van der Waals surface area contributed by atoms with Gasteiger partial charge in [0.1, 0.15) is 5.82 Å². The number of aryl methyl sites for hydroxylation is 1. The first-order valence-electron chi connectivity index (χ1n) is 10.2. The van der Waals surface area contributed by atoms with Crippen LogP contribution in [0.1, 0.15) is 18.9 Å². The molecule has 0 aliphatic rings. The number of nitrogens with zero attached hydrogens (tertiary/aromatic N) is 4. The van der Waals surface area contributed by atoms with E-state index in [9.17, 15) is 0 Å². The van der Waals surface area contributed by atoms with Gasteiger partial charge < -0.3 is 15.4 Å². The fourth-order valence-corrected chi connectivity index (χ4v) is 3.13. The standard InChI is InChI=1S/C23H26N6O/c1-3-30-15-7-14-24-23-27-21(26-18-12-10-17(2)11-13-18)20-16-25-29(22(20)28-23)19-8-5-4-6-9-19/h4-6,8-13,16H,3,7,14-15H2,1-2H3,(H2,24,26,27,28). The Bertz CT molecular complexity index is 1090. The van der Waals surface area contributed by atoms with Gasteiger partial charge in [-0.15, -0.1) is 0 Å². The van der Waals surface area contributed by atoms with Crippen LogP contribution in [0.3, 0.4) is 0 Å². The van der Waals surface area contributed by atoms with Gasteiger partial charge >= 0.3 is 0 Å². The summed E-state index contributed by atoms with van der Waals surface area (Å²) < 4.78 is 7.25. The van der Waals surface area contributed by atoms with Gasteiger partial charge in [-0.1, -0.05) is 35.9 Å². The van der Waals surface area contributed by atoms with Gasteiger partial charge in [-0.3, -0.25) is 0 Å². The molecule has 2 N–H and O–H groups in total. The Labute approximate surface area is 176 Å². The van der Waals surface area contributed by atoms with Crippen molar-refractivity contribution in [3.05, 3.63) is 66.4 Å². The Morgan fingerprint density at radius 3 is 2.57 bits per heavy atom. The van der Waals surface area contributed by atoms with Gasteiger partial charge in [-0.05, 0) is 44.5 Å². The number of fused-ring (bicyclic) bond motifs is 1. The van der Waals surface area contributed by atoms with Crippen molar-refractivity contribution in [1.29, 1.82) is 0 Å². The summed E-state index contributed by atoms with van der Waals surface area (Å²) in [6.45, 7) is 6.24. The number of rotatable bonds is 9. The Morgan fingerprint density at radius 1 is 1.00 bits per heavy atom. The van der Waals surface area contributed by atoms with Crippen LogP contribution in [0.5, 0.6) is 0 Å². The van der Waals surface area contributed by atoms with E-state index in [0.717, 1.165) is 47.8 Å². The quantitative estimate of drug-likeness (QED) is 0.395. The first kappa shape index (κ1) is 19.8. The summed E-state index contributed by atoms with van der Waals surface area (Å²) in [6, 6.07) is 18.2. The summed E-state index contributed by atoms with van der Waals surface area (Å²) >= 11 is 0. The van der Waals surface area contributed by atoms with Crippen molar-refractivity contribution in [1.82, 2.24) is 19.7 Å². The minimum Gasteiger partial charge on any atom is -0.382 e. The van der Waals surface area contributed by atoms with E-state index < -0.39 is 0 Å². The van der Waals surface area contributed by atoms with Gasteiger partial charge in [0, 0.05) is 25.4 Å². The number of anilines is 3. The third-order valence-corrected chi connectivity index (χ3v) is 4.70. The fraction of sp³-hybridized carbons (Fsp3) is 0.261. The molecule has 0 fully saturated rings. The van der Waals surface area contributed by atoms with Crippen molar-refractivity contribution >= 4 is 28.5 Å². The Kier molecular flexibility index (Phi) is 6.20. The third kappa shape index (κ3) is 4.58. The van der Waals surface area contributed by atoms with Crippen LogP contribution < -0.4 is 10.6 Å². The average molecular weight is 403 g/mol. The number of nitrogens with one attached hydrogen (secondary N) is 2. The minimum atomic E-state index is 0.561. The Morgan fingerprint density at radius 2 is 1.80 bits per heavy atom. The van der Waals surface area contributed by atoms with E-state index in [1.54, 1.807) is 6.20 Å². The number of aromatic nitrogens is 4. The molecule has 0 saturated heterocycles. The largest absolute Gasteiger partial charge is 0.382 e. The van der Waals surface area contributed by atoms with E-state index >= 15 is 0 Å². The molecule has 4 aromatic rings. The van der Waals surface area contributed by atoms with Crippen molar-refractivity contribution in [2.24, 2.45) is 0 Å². The fourth-order valence-electron chi connectivity index (χ4n) is 3.13. The molecule has 0 saturated carbocycles. The van der Waals surface area contributed by atoms with E-state index in [1.807, 2.05) is 54.1 Å². The van der Waals surface area contributed by atoms with Gasteiger partial charge in [0.15, 0.2) is 5.65 Å². The maximum Gasteiger partial charge on any atom is 0.226 e. The van der Waals surface area contributed by atoms with E-state index in [0.29, 0.717) is 12.6 Å². The van der Waals surface area contributed by atoms with Crippen molar-refractivity contribution < 1.29 is 4.74 Å². The van der Waals surface area contributed by atoms with Gasteiger partial charge in [0.05, 0.1) is 17.3 Å². The molecule has 0 atom stereocenters. The molecule has 2 aromatic carbocycles. The molecule has 0 radical (unpaired) electrons. The smallest absolute Gasteiger partial charge is 0.226 e. The Hall–Kier alpha value is -3.45. The highest BCUT2D eigenvalue weighted by Gasteiger charge is 2.14. The Balaban J connectivity index is 1.68. The van der Waals surface area contributed by atoms with Crippen LogP contribution in [0.25, 0.3) is 16.7 Å². The van der Waals surface area contributed by atoms with E-state index in [-0.39, 0.29) is 0 Å². The maximum absolute atomic E-state index is 5.41. The van der Waals surface area contributed by atoms with E-state index in [4.69, 9.17) is 14.7 Å². The molecule has 0 aliphatic carbocycles. The van der Waals surface area contributed by atoms with Crippen LogP contribution in [0.4, 0.5) is 17.5 Å². The van der Waals surface area contributed by atoms with Crippen molar-refractivity contribution in [2.75, 3.05) is 30.4 Å². The lowest BCUT2D eigenvalue weighted by Gasteiger charge is -2.11. The minimum absolute atomic E-state index is 0.561. The zero-order chi connectivity index (χ0) is 20.8. The number of hydrogen-bond acceptors (Lipinski definition) is 6. The van der Waals surface area contributed by atoms with Crippen molar-refractivity contribution in [2.45, 2.75) is 20.3 Å². The first-order valence-corrected chi connectivity index (χ1v) is 10.2. The van der Waals surface area contributed by atoms with Crippen LogP contribution in [-0.4, -0.2) is 39.5 Å². The number of hydrogen-bond donors (Lipinski definition) is 2. The summed E-state index contributed by atoms with van der Waals surface area (Å²) in [5, 5.41) is 12.2. The van der Waals surface area contributed by atoms with Gasteiger partial charge in [0.2, 0.25) is 5.95 Å². The van der Waals surface area contributed by atoms with Gasteiger partial charge in [0.25, 0.3) is 0 Å². The highest BCUT2D eigenvalue weighted by Crippen LogP contribution is 2.27. The average Bonchev–Trinajstić information content (AvgIpc) is 3.20. The predicted molar refractivity (Wildman–Crippen MR) is 121 cm³/mol. The van der Waals surface area contributed by atoms with E-state index in [2.05, 4.69) is 34.8 Å². The third-order valence-electron chi connectivity index (χ3n) is 4.70. The van der Waals surface area contributed by atoms with Crippen LogP contribution in [-0.2, 0) is 4.74 Å². The number of benzene rings is 2. The zero-order valence-corrected chi connectivity index (χ0v) is 17.3. The lowest BCUT2D eigenvalue weighted by molar-refractivity contribution is 0.147. The SMILES string of the molecule is CCOCCCNc1nc(Nc2ccc(C)cc2)c2cnn(-c3ccccc3)c2n1. The van der Waals surface area contributed by atoms with Crippen LogP contribution in [0, 0.1) is 6.92 Å². The number of para-hydroxylation sites is 1. The topological polar surface area (TPSA) is 76.9 Å². The summed E-state index contributed by atoms with van der Waals surface area (Å²) in [6.07, 6.45) is 2.69. The molecule has 154 valence electrons. The lowest BCUT2D eigenvalue weighted by Crippen LogP contribution is -2.10. The second-order valence-electron chi connectivity index (χ2n) is 6.99. The first-order chi connectivity index (χ1) is 14.7. The van der Waals surface area contributed by atoms with Crippen molar-refractivity contribution in [3.63, 3.8) is 0 Å². The molecule has 2 aromatic heterocycles. The molecule has 0 spiro atoms. The van der Waals surface area contributed by atoms with Crippen molar-refractivity contribution in [3.8, 4) is 5.69 Å². The normalized spacial score (nSPS) is 11.0. The van der Waals surface area contributed by atoms with E-state index in [1.165, 1.54) is 5.56 Å². The summed E-state index contributed by atoms with van der Waals surface area (Å²) in [4.78, 5) is 9.46. The molecular weight excluding hydrogens is 376 g/mol. The molecule has 30 heavy (non-hydrogen) atoms. The predicted octanol–water partition coefficient (Wildman–Crippen LogP) is 4.71. The molecule has 4 rings (SSSR count). The highest BCUT2D eigenvalue weighted by atomic mass is 16.5. The maximum atomic E-state index is 5.41. The highest BCUT2D eigenvalue weighted by molar-refractivity contribution is 5.90. The second kappa shape index (κ2) is 9.37. The van der Waals surface area contributed by atoms with Gasteiger partial charge in [-0.25, -0.2) is 4.68 Å².